The molecule has 32 heavy (non-hydrogen) atoms. The number of carbonyl (C=O) groups is 1. The standard InChI is InChI=1S/C26H34ClN3O2/c1-3-32-24-9-10-25(27)21(18-24)17-20-11-14-29(15-12-20)19-23-13-16-30(26(31)28(23)2)22-7-5-4-6-8-22/h4-10,18,20,23H,3,11-17,19H2,1-2H3. The zero-order valence-corrected chi connectivity index (χ0v) is 19.9. The van der Waals surface area contributed by atoms with Crippen molar-refractivity contribution in [1.82, 2.24) is 9.80 Å². The fourth-order valence-corrected chi connectivity index (χ4v) is 5.12. The smallest absolute Gasteiger partial charge is 0.324 e. The van der Waals surface area contributed by atoms with Gasteiger partial charge < -0.3 is 14.5 Å². The van der Waals surface area contributed by atoms with Crippen LogP contribution in [-0.4, -0.2) is 61.7 Å². The summed E-state index contributed by atoms with van der Waals surface area (Å²) in [5.41, 5.74) is 2.17. The van der Waals surface area contributed by atoms with Crippen molar-refractivity contribution in [3.63, 3.8) is 0 Å². The topological polar surface area (TPSA) is 36.0 Å². The van der Waals surface area contributed by atoms with Gasteiger partial charge in [0.2, 0.25) is 0 Å². The van der Waals surface area contributed by atoms with Gasteiger partial charge in [-0.1, -0.05) is 29.8 Å². The van der Waals surface area contributed by atoms with Crippen LogP contribution < -0.4 is 9.64 Å². The fraction of sp³-hybridized carbons (Fsp3) is 0.500. The van der Waals surface area contributed by atoms with Gasteiger partial charge in [-0.25, -0.2) is 4.79 Å². The van der Waals surface area contributed by atoms with Crippen LogP contribution in [0.15, 0.2) is 48.5 Å². The van der Waals surface area contributed by atoms with Crippen LogP contribution >= 0.6 is 11.6 Å². The van der Waals surface area contributed by atoms with E-state index in [1.807, 2.05) is 66.2 Å². The lowest BCUT2D eigenvalue weighted by atomic mass is 9.89. The molecule has 0 N–H and O–H groups in total. The molecule has 0 spiro atoms. The predicted molar refractivity (Wildman–Crippen MR) is 131 cm³/mol. The van der Waals surface area contributed by atoms with Crippen LogP contribution in [0.3, 0.4) is 0 Å². The maximum atomic E-state index is 12.9. The molecule has 6 heteroatoms. The molecule has 2 aromatic carbocycles. The number of carbonyl (C=O) groups excluding carboxylic acids is 1. The summed E-state index contributed by atoms with van der Waals surface area (Å²) in [6, 6.07) is 16.3. The Labute approximate surface area is 196 Å². The number of ether oxygens (including phenoxy) is 1. The van der Waals surface area contributed by atoms with Gasteiger partial charge in [-0.05, 0) is 87.5 Å². The molecule has 0 aromatic heterocycles. The monoisotopic (exact) mass is 455 g/mol. The van der Waals surface area contributed by atoms with Gasteiger partial charge in [-0.15, -0.1) is 0 Å². The molecular formula is C26H34ClN3O2. The van der Waals surface area contributed by atoms with Crippen LogP contribution in [0.5, 0.6) is 5.75 Å². The van der Waals surface area contributed by atoms with E-state index in [2.05, 4.69) is 11.0 Å². The molecule has 172 valence electrons. The van der Waals surface area contributed by atoms with Gasteiger partial charge >= 0.3 is 6.03 Å². The highest BCUT2D eigenvalue weighted by atomic mass is 35.5. The molecule has 0 aliphatic carbocycles. The Kier molecular flexibility index (Phi) is 7.59. The Bertz CT molecular complexity index is 899. The van der Waals surface area contributed by atoms with Gasteiger partial charge in [0.25, 0.3) is 0 Å². The van der Waals surface area contributed by atoms with E-state index in [0.29, 0.717) is 12.5 Å². The van der Waals surface area contributed by atoms with E-state index in [9.17, 15) is 4.79 Å². The first-order valence-corrected chi connectivity index (χ1v) is 12.2. The molecule has 2 heterocycles. The fourth-order valence-electron chi connectivity index (χ4n) is 4.92. The number of likely N-dealkylation sites (tertiary alicyclic amines) is 1. The highest BCUT2D eigenvalue weighted by Crippen LogP contribution is 2.29. The summed E-state index contributed by atoms with van der Waals surface area (Å²) >= 11 is 6.45. The summed E-state index contributed by atoms with van der Waals surface area (Å²) in [6.07, 6.45) is 4.32. The number of anilines is 1. The summed E-state index contributed by atoms with van der Waals surface area (Å²) < 4.78 is 5.64. The summed E-state index contributed by atoms with van der Waals surface area (Å²) in [4.78, 5) is 19.3. The van der Waals surface area contributed by atoms with Crippen molar-refractivity contribution in [3.8, 4) is 5.75 Å². The maximum absolute atomic E-state index is 12.9. The van der Waals surface area contributed by atoms with Crippen molar-refractivity contribution in [1.29, 1.82) is 0 Å². The first-order valence-electron chi connectivity index (χ1n) is 11.8. The molecule has 4 rings (SSSR count). The van der Waals surface area contributed by atoms with Crippen LogP contribution in [0.2, 0.25) is 5.02 Å². The molecule has 2 saturated heterocycles. The number of nitrogens with zero attached hydrogens (tertiary/aromatic N) is 3. The number of urea groups is 1. The first-order chi connectivity index (χ1) is 15.5. The summed E-state index contributed by atoms with van der Waals surface area (Å²) in [7, 11) is 1.95. The SMILES string of the molecule is CCOc1ccc(Cl)c(CC2CCN(CC3CCN(c4ccccc4)C(=O)N3C)CC2)c1. The van der Waals surface area contributed by atoms with Crippen molar-refractivity contribution in [2.24, 2.45) is 5.92 Å². The first kappa shape index (κ1) is 22.9. The third kappa shape index (κ3) is 5.38. The number of hydrogen-bond donors (Lipinski definition) is 0. The van der Waals surface area contributed by atoms with Crippen molar-refractivity contribution in [3.05, 3.63) is 59.1 Å². The van der Waals surface area contributed by atoms with E-state index in [-0.39, 0.29) is 12.1 Å². The van der Waals surface area contributed by atoms with Crippen molar-refractivity contribution in [2.75, 3.05) is 44.7 Å². The molecule has 0 bridgehead atoms. The number of likely N-dealkylation sites (N-methyl/N-ethyl adjacent to an activating group) is 1. The minimum absolute atomic E-state index is 0.103. The highest BCUT2D eigenvalue weighted by molar-refractivity contribution is 6.31. The molecule has 0 saturated carbocycles. The third-order valence-electron chi connectivity index (χ3n) is 6.85. The maximum Gasteiger partial charge on any atom is 0.324 e. The van der Waals surface area contributed by atoms with E-state index in [1.54, 1.807) is 0 Å². The Morgan fingerprint density at radius 1 is 1.03 bits per heavy atom. The van der Waals surface area contributed by atoms with E-state index in [4.69, 9.17) is 16.3 Å². The van der Waals surface area contributed by atoms with Gasteiger partial charge in [0.05, 0.1) is 6.61 Å². The zero-order valence-electron chi connectivity index (χ0n) is 19.2. The number of hydrogen-bond acceptors (Lipinski definition) is 3. The molecule has 2 aromatic rings. The van der Waals surface area contributed by atoms with Crippen LogP contribution in [-0.2, 0) is 6.42 Å². The number of halogens is 1. The Morgan fingerprint density at radius 3 is 2.50 bits per heavy atom. The second kappa shape index (κ2) is 10.6. The van der Waals surface area contributed by atoms with Gasteiger partial charge in [0.1, 0.15) is 5.75 Å². The number of benzene rings is 2. The van der Waals surface area contributed by atoms with Crippen molar-refractivity contribution in [2.45, 2.75) is 38.6 Å². The van der Waals surface area contributed by atoms with Crippen LogP contribution in [0.4, 0.5) is 10.5 Å². The lowest BCUT2D eigenvalue weighted by Crippen LogP contribution is -2.56. The van der Waals surface area contributed by atoms with E-state index in [0.717, 1.165) is 68.3 Å². The minimum atomic E-state index is 0.103. The largest absolute Gasteiger partial charge is 0.494 e. The van der Waals surface area contributed by atoms with Crippen LogP contribution in [0, 0.1) is 5.92 Å². The van der Waals surface area contributed by atoms with Crippen molar-refractivity contribution >= 4 is 23.3 Å². The molecule has 5 nitrogen and oxygen atoms in total. The van der Waals surface area contributed by atoms with Gasteiger partial charge in [0, 0.05) is 36.9 Å². The third-order valence-corrected chi connectivity index (χ3v) is 7.22. The summed E-state index contributed by atoms with van der Waals surface area (Å²) in [6.45, 7) is 6.56. The average molecular weight is 456 g/mol. The highest BCUT2D eigenvalue weighted by Gasteiger charge is 2.33. The molecule has 2 amide bonds. The molecule has 0 radical (unpaired) electrons. The summed E-state index contributed by atoms with van der Waals surface area (Å²) in [5, 5.41) is 0.834. The number of rotatable bonds is 7. The van der Waals surface area contributed by atoms with E-state index >= 15 is 0 Å². The lowest BCUT2D eigenvalue weighted by molar-refractivity contribution is 0.122. The van der Waals surface area contributed by atoms with Crippen molar-refractivity contribution < 1.29 is 9.53 Å². The number of amides is 2. The normalized spacial score (nSPS) is 20.6. The van der Waals surface area contributed by atoms with Gasteiger partial charge in [-0.3, -0.25) is 4.90 Å². The second-order valence-electron chi connectivity index (χ2n) is 8.96. The quantitative estimate of drug-likeness (QED) is 0.566. The number of para-hydroxylation sites is 1. The van der Waals surface area contributed by atoms with Gasteiger partial charge in [-0.2, -0.15) is 0 Å². The molecule has 2 aliphatic heterocycles. The minimum Gasteiger partial charge on any atom is -0.494 e. The molecule has 2 aliphatic rings. The Morgan fingerprint density at radius 2 is 1.78 bits per heavy atom. The predicted octanol–water partition coefficient (Wildman–Crippen LogP) is 5.32. The van der Waals surface area contributed by atoms with E-state index < -0.39 is 0 Å². The van der Waals surface area contributed by atoms with E-state index in [1.165, 1.54) is 5.56 Å². The zero-order chi connectivity index (χ0) is 22.5. The molecular weight excluding hydrogens is 422 g/mol. The second-order valence-corrected chi connectivity index (χ2v) is 9.36. The molecule has 2 fully saturated rings. The molecule has 1 atom stereocenters. The van der Waals surface area contributed by atoms with Gasteiger partial charge in [0.15, 0.2) is 0 Å². The average Bonchev–Trinajstić information content (AvgIpc) is 2.81. The Hall–Kier alpha value is -2.24. The van der Waals surface area contributed by atoms with Crippen LogP contribution in [0.25, 0.3) is 0 Å². The van der Waals surface area contributed by atoms with Crippen LogP contribution in [0.1, 0.15) is 31.7 Å². The molecule has 1 unspecified atom stereocenters. The number of piperidine rings is 1. The lowest BCUT2D eigenvalue weighted by Gasteiger charge is -2.42. The Balaban J connectivity index is 1.27. The summed E-state index contributed by atoms with van der Waals surface area (Å²) in [5.74, 6) is 1.54.